The third kappa shape index (κ3) is 10.2. The molecule has 2 aromatic rings. The van der Waals surface area contributed by atoms with Gasteiger partial charge in [-0.15, -0.1) is 0 Å². The summed E-state index contributed by atoms with van der Waals surface area (Å²) in [6.07, 6.45) is 0.453. The Balaban J connectivity index is 1.93. The van der Waals surface area contributed by atoms with Crippen molar-refractivity contribution in [3.63, 3.8) is 0 Å². The second-order valence-electron chi connectivity index (χ2n) is 8.89. The molecule has 13 heteroatoms. The molecule has 2 aromatic carbocycles. The average molecular weight is 765 g/mol. The molecule has 0 unspecified atom stereocenters. The highest BCUT2D eigenvalue weighted by Crippen LogP contribution is 2.27. The number of halogens is 2. The molecule has 0 fully saturated rings. The van der Waals surface area contributed by atoms with Crippen molar-refractivity contribution in [3.8, 4) is 5.75 Å². The summed E-state index contributed by atoms with van der Waals surface area (Å²) in [6.45, 7) is 0.900. The number of nitrogens with zero attached hydrogens (tertiary/aromatic N) is 1. The van der Waals surface area contributed by atoms with Gasteiger partial charge in [0.05, 0.1) is 26.3 Å². The van der Waals surface area contributed by atoms with Crippen LogP contribution in [-0.2, 0) is 32.0 Å². The fraction of sp³-hybridized carbons (Fsp3) is 0.385. The molecule has 0 spiro atoms. The van der Waals surface area contributed by atoms with E-state index in [1.807, 2.05) is 75.5 Å². The number of aromatic hydroxyl groups is 1. The third-order valence-electron chi connectivity index (χ3n) is 5.88. The van der Waals surface area contributed by atoms with Gasteiger partial charge < -0.3 is 36.8 Å². The van der Waals surface area contributed by atoms with E-state index >= 15 is 0 Å². The summed E-state index contributed by atoms with van der Waals surface area (Å²) < 4.78 is 1.28. The highest BCUT2D eigenvalue weighted by Gasteiger charge is 2.28. The Kier molecular flexibility index (Phi) is 13.4. The Morgan fingerprint density at radius 1 is 0.949 bits per heavy atom. The van der Waals surface area contributed by atoms with Crippen LogP contribution in [0.1, 0.15) is 18.1 Å². The molecule has 2 rings (SSSR count). The number of aliphatic hydroxyl groups excluding tert-OH is 1. The molecule has 212 valence electrons. The van der Waals surface area contributed by atoms with Crippen LogP contribution in [0.15, 0.2) is 42.5 Å². The van der Waals surface area contributed by atoms with E-state index in [1.54, 1.807) is 12.1 Å². The number of benzene rings is 2. The van der Waals surface area contributed by atoms with Gasteiger partial charge in [-0.2, -0.15) is 0 Å². The van der Waals surface area contributed by atoms with E-state index in [0.29, 0.717) is 7.14 Å². The molecule has 11 nitrogen and oxygen atoms in total. The lowest BCUT2D eigenvalue weighted by Gasteiger charge is -2.28. The van der Waals surface area contributed by atoms with Crippen molar-refractivity contribution in [3.05, 3.63) is 60.7 Å². The van der Waals surface area contributed by atoms with Gasteiger partial charge in [-0.1, -0.05) is 30.3 Å². The number of phenols is 1. The summed E-state index contributed by atoms with van der Waals surface area (Å²) in [4.78, 5) is 51.9. The minimum atomic E-state index is -0.963. The van der Waals surface area contributed by atoms with E-state index in [1.165, 1.54) is 18.9 Å². The van der Waals surface area contributed by atoms with Crippen molar-refractivity contribution in [1.29, 1.82) is 0 Å². The SMILES string of the molecule is C[C@H](NC(=O)[C@H](N)Cc1cc(I)c(O)c(I)c1)C(=O)NCC(=O)N(C)[C@@H](Cc1ccccc1)C(=O)NCCO. The molecule has 0 aliphatic rings. The number of hydrogen-bond acceptors (Lipinski definition) is 7. The molecule has 7 N–H and O–H groups in total. The van der Waals surface area contributed by atoms with Gasteiger partial charge in [0.25, 0.3) is 0 Å². The highest BCUT2D eigenvalue weighted by atomic mass is 127. The van der Waals surface area contributed by atoms with Gasteiger partial charge in [0.2, 0.25) is 23.6 Å². The molecule has 0 bridgehead atoms. The van der Waals surface area contributed by atoms with E-state index < -0.39 is 41.8 Å². The van der Waals surface area contributed by atoms with Gasteiger partial charge in [-0.25, -0.2) is 0 Å². The maximum Gasteiger partial charge on any atom is 0.243 e. The minimum absolute atomic E-state index is 0.0491. The molecule has 0 radical (unpaired) electrons. The van der Waals surface area contributed by atoms with Gasteiger partial charge >= 0.3 is 0 Å². The number of likely N-dealkylation sites (N-methyl/N-ethyl adjacent to an activating group) is 1. The Labute approximate surface area is 254 Å². The van der Waals surface area contributed by atoms with Crippen LogP contribution in [0.25, 0.3) is 0 Å². The van der Waals surface area contributed by atoms with Crippen LogP contribution in [0.4, 0.5) is 0 Å². The molecule has 3 atom stereocenters. The Morgan fingerprint density at radius 2 is 1.56 bits per heavy atom. The molecule has 4 amide bonds. The first kappa shape index (κ1) is 32.7. The molecule has 0 aromatic heterocycles. The quantitative estimate of drug-likeness (QED) is 0.159. The fourth-order valence-corrected chi connectivity index (χ4v) is 5.52. The minimum Gasteiger partial charge on any atom is -0.506 e. The first-order valence-electron chi connectivity index (χ1n) is 12.1. The molecule has 0 aliphatic heterocycles. The van der Waals surface area contributed by atoms with Crippen LogP contribution in [0.3, 0.4) is 0 Å². The number of aliphatic hydroxyl groups is 1. The molecule has 0 aliphatic carbocycles. The zero-order chi connectivity index (χ0) is 29.1. The van der Waals surface area contributed by atoms with E-state index in [2.05, 4.69) is 16.0 Å². The largest absolute Gasteiger partial charge is 0.506 e. The predicted molar refractivity (Wildman–Crippen MR) is 163 cm³/mol. The lowest BCUT2D eigenvalue weighted by molar-refractivity contribution is -0.139. The summed E-state index contributed by atoms with van der Waals surface area (Å²) in [6, 6.07) is 9.89. The number of hydrogen-bond donors (Lipinski definition) is 6. The summed E-state index contributed by atoms with van der Waals surface area (Å²) in [5, 5.41) is 26.6. The van der Waals surface area contributed by atoms with Crippen LogP contribution in [0, 0.1) is 7.14 Å². The number of nitrogens with one attached hydrogen (secondary N) is 3. The average Bonchev–Trinajstić information content (AvgIpc) is 2.91. The van der Waals surface area contributed by atoms with Crippen LogP contribution >= 0.6 is 45.2 Å². The molecule has 39 heavy (non-hydrogen) atoms. The number of amides is 4. The number of rotatable bonds is 13. The van der Waals surface area contributed by atoms with Crippen LogP contribution in [-0.4, -0.2) is 83.6 Å². The van der Waals surface area contributed by atoms with Gasteiger partial charge in [0, 0.05) is 20.0 Å². The van der Waals surface area contributed by atoms with Gasteiger partial charge in [0.15, 0.2) is 0 Å². The smallest absolute Gasteiger partial charge is 0.243 e. The van der Waals surface area contributed by atoms with E-state index in [4.69, 9.17) is 10.8 Å². The zero-order valence-corrected chi connectivity index (χ0v) is 25.9. The predicted octanol–water partition coefficient (Wildman–Crippen LogP) is 0.270. The lowest BCUT2D eigenvalue weighted by atomic mass is 10.0. The molecular weight excluding hydrogens is 732 g/mol. The second kappa shape index (κ2) is 15.9. The Hall–Kier alpha value is -2.50. The standard InChI is InChI=1S/C26H33I2N5O6/c1-15(32-25(38)20(29)12-17-10-18(27)23(36)19(28)11-17)24(37)31-14-22(35)33(2)21(26(39)30-8-9-34)13-16-6-4-3-5-7-16/h3-7,10-11,15,20-21,34,36H,8-9,12-14,29H2,1-2H3,(H,30,39)(H,31,37)(H,32,38)/t15-,20+,21-/m0/s1. The number of phenolic OH excluding ortho intramolecular Hbond substituents is 1. The van der Waals surface area contributed by atoms with Crippen molar-refractivity contribution < 1.29 is 29.4 Å². The summed E-state index contributed by atoms with van der Waals surface area (Å²) >= 11 is 3.99. The van der Waals surface area contributed by atoms with E-state index in [-0.39, 0.29) is 38.3 Å². The summed E-state index contributed by atoms with van der Waals surface area (Å²) in [5.41, 5.74) is 7.64. The van der Waals surface area contributed by atoms with Crippen molar-refractivity contribution in [2.45, 2.75) is 37.9 Å². The summed E-state index contributed by atoms with van der Waals surface area (Å²) in [7, 11) is 1.47. The number of nitrogens with two attached hydrogens (primary N) is 1. The van der Waals surface area contributed by atoms with Crippen LogP contribution in [0.5, 0.6) is 5.75 Å². The van der Waals surface area contributed by atoms with Crippen LogP contribution in [0.2, 0.25) is 0 Å². The third-order valence-corrected chi connectivity index (χ3v) is 7.53. The van der Waals surface area contributed by atoms with Crippen molar-refractivity contribution in [2.75, 3.05) is 26.7 Å². The monoisotopic (exact) mass is 765 g/mol. The van der Waals surface area contributed by atoms with E-state index in [0.717, 1.165) is 11.1 Å². The second-order valence-corrected chi connectivity index (χ2v) is 11.2. The highest BCUT2D eigenvalue weighted by molar-refractivity contribution is 14.1. The van der Waals surface area contributed by atoms with E-state index in [9.17, 15) is 24.3 Å². The van der Waals surface area contributed by atoms with Gasteiger partial charge in [-0.05, 0) is 81.8 Å². The maximum absolute atomic E-state index is 12.8. The number of carbonyl (C=O) groups excluding carboxylic acids is 4. The molecule has 0 saturated heterocycles. The fourth-order valence-electron chi connectivity index (χ4n) is 3.62. The van der Waals surface area contributed by atoms with Crippen molar-refractivity contribution in [2.24, 2.45) is 5.73 Å². The van der Waals surface area contributed by atoms with Crippen molar-refractivity contribution in [1.82, 2.24) is 20.9 Å². The Morgan fingerprint density at radius 3 is 2.15 bits per heavy atom. The summed E-state index contributed by atoms with van der Waals surface area (Å²) in [5.74, 6) is -1.89. The topological polar surface area (TPSA) is 174 Å². The first-order chi connectivity index (χ1) is 18.4. The van der Waals surface area contributed by atoms with Crippen molar-refractivity contribution >= 4 is 68.8 Å². The number of carbonyl (C=O) groups is 4. The molecule has 0 saturated carbocycles. The Bertz CT molecular complexity index is 1140. The van der Waals surface area contributed by atoms with Crippen LogP contribution < -0.4 is 21.7 Å². The van der Waals surface area contributed by atoms with Gasteiger partial charge in [0.1, 0.15) is 17.8 Å². The van der Waals surface area contributed by atoms with Gasteiger partial charge in [-0.3, -0.25) is 19.2 Å². The maximum atomic E-state index is 12.8. The zero-order valence-electron chi connectivity index (χ0n) is 21.6. The lowest BCUT2D eigenvalue weighted by Crippen LogP contribution is -2.54. The normalized spacial score (nSPS) is 13.1. The molecular formula is C26H33I2N5O6. The molecule has 0 heterocycles. The first-order valence-corrected chi connectivity index (χ1v) is 14.3.